The quantitative estimate of drug-likeness (QED) is 0.882. The van der Waals surface area contributed by atoms with Crippen molar-refractivity contribution in [1.29, 1.82) is 5.26 Å². The van der Waals surface area contributed by atoms with Crippen LogP contribution in [0.5, 0.6) is 5.75 Å². The minimum Gasteiger partial charge on any atom is -0.494 e. The van der Waals surface area contributed by atoms with E-state index in [2.05, 4.69) is 30.4 Å². The minimum atomic E-state index is -0.164. The van der Waals surface area contributed by atoms with Crippen molar-refractivity contribution in [3.8, 4) is 11.8 Å². The minimum absolute atomic E-state index is 0.164. The Morgan fingerprint density at radius 1 is 1.39 bits per heavy atom. The van der Waals surface area contributed by atoms with Crippen molar-refractivity contribution < 1.29 is 4.74 Å². The molecule has 1 fully saturated rings. The number of hydrogen-bond donors (Lipinski definition) is 1. The first-order valence-corrected chi connectivity index (χ1v) is 6.40. The van der Waals surface area contributed by atoms with Gasteiger partial charge in [0, 0.05) is 6.54 Å². The molecule has 0 unspecified atom stereocenters. The second-order valence-corrected chi connectivity index (χ2v) is 5.26. The predicted molar refractivity (Wildman–Crippen MR) is 72.9 cm³/mol. The fraction of sp³-hybridized carbons (Fsp3) is 0.533. The van der Waals surface area contributed by atoms with Crippen LogP contribution in [0.15, 0.2) is 12.1 Å². The van der Waals surface area contributed by atoms with Crippen molar-refractivity contribution in [2.45, 2.75) is 33.1 Å². The molecule has 0 amide bonds. The van der Waals surface area contributed by atoms with Gasteiger partial charge in [0.15, 0.2) is 0 Å². The van der Waals surface area contributed by atoms with Crippen LogP contribution in [0, 0.1) is 30.6 Å². The third-order valence-corrected chi connectivity index (χ3v) is 3.79. The van der Waals surface area contributed by atoms with Crippen molar-refractivity contribution >= 4 is 5.69 Å². The highest BCUT2D eigenvalue weighted by Crippen LogP contribution is 2.41. The van der Waals surface area contributed by atoms with E-state index >= 15 is 0 Å². The summed E-state index contributed by atoms with van der Waals surface area (Å²) in [6.45, 7) is 4.82. The molecule has 1 aromatic rings. The Hall–Kier alpha value is -1.69. The first kappa shape index (κ1) is 12.8. The normalized spacial score (nSPS) is 16.6. The van der Waals surface area contributed by atoms with Gasteiger partial charge in [-0.3, -0.25) is 0 Å². The van der Waals surface area contributed by atoms with Crippen LogP contribution in [0.4, 0.5) is 5.69 Å². The zero-order valence-corrected chi connectivity index (χ0v) is 11.3. The summed E-state index contributed by atoms with van der Waals surface area (Å²) in [6, 6.07) is 6.63. The summed E-state index contributed by atoms with van der Waals surface area (Å²) < 4.78 is 5.44. The van der Waals surface area contributed by atoms with Crippen LogP contribution in [0.1, 0.15) is 30.4 Å². The molecule has 96 valence electrons. The molecular weight excluding hydrogens is 224 g/mol. The largest absolute Gasteiger partial charge is 0.494 e. The Kier molecular flexibility index (Phi) is 3.47. The number of nitrogens with one attached hydrogen (secondary N) is 1. The molecule has 0 bridgehead atoms. The first-order valence-electron chi connectivity index (χ1n) is 6.40. The van der Waals surface area contributed by atoms with Crippen molar-refractivity contribution in [2.24, 2.45) is 5.41 Å². The fourth-order valence-electron chi connectivity index (χ4n) is 2.55. The number of nitrogens with zero attached hydrogens (tertiary/aromatic N) is 1. The van der Waals surface area contributed by atoms with E-state index in [9.17, 15) is 5.26 Å². The highest BCUT2D eigenvalue weighted by atomic mass is 16.5. The molecule has 0 atom stereocenters. The van der Waals surface area contributed by atoms with E-state index in [4.69, 9.17) is 4.74 Å². The molecule has 3 nitrogen and oxygen atoms in total. The number of rotatable bonds is 4. The van der Waals surface area contributed by atoms with E-state index in [1.165, 1.54) is 12.0 Å². The lowest BCUT2D eigenvalue weighted by molar-refractivity contribution is 0.233. The summed E-state index contributed by atoms with van der Waals surface area (Å²) in [4.78, 5) is 0. The molecule has 0 heterocycles. The highest BCUT2D eigenvalue weighted by Gasteiger charge is 2.37. The van der Waals surface area contributed by atoms with E-state index in [-0.39, 0.29) is 5.41 Å². The van der Waals surface area contributed by atoms with E-state index in [0.29, 0.717) is 6.54 Å². The number of benzene rings is 1. The summed E-state index contributed by atoms with van der Waals surface area (Å²) in [5, 5.41) is 12.6. The average Bonchev–Trinajstić information content (AvgIpc) is 2.27. The van der Waals surface area contributed by atoms with Gasteiger partial charge in [0.1, 0.15) is 5.75 Å². The summed E-state index contributed by atoms with van der Waals surface area (Å²) in [5.41, 5.74) is 3.16. The Balaban J connectivity index is 2.16. The van der Waals surface area contributed by atoms with Gasteiger partial charge in [0.25, 0.3) is 0 Å². The van der Waals surface area contributed by atoms with E-state index < -0.39 is 0 Å². The Bertz CT molecular complexity index is 484. The second-order valence-electron chi connectivity index (χ2n) is 5.26. The van der Waals surface area contributed by atoms with E-state index in [0.717, 1.165) is 29.8 Å². The molecule has 0 radical (unpaired) electrons. The predicted octanol–water partition coefficient (Wildman–Crippen LogP) is 3.42. The maximum Gasteiger partial charge on any atom is 0.144 e. The third-order valence-electron chi connectivity index (χ3n) is 3.79. The summed E-state index contributed by atoms with van der Waals surface area (Å²) >= 11 is 0. The van der Waals surface area contributed by atoms with E-state index in [1.54, 1.807) is 7.11 Å². The highest BCUT2D eigenvalue weighted by molar-refractivity contribution is 5.62. The van der Waals surface area contributed by atoms with Gasteiger partial charge in [-0.1, -0.05) is 12.5 Å². The number of anilines is 1. The molecule has 0 spiro atoms. The number of methoxy groups -OCH3 is 1. The molecule has 18 heavy (non-hydrogen) atoms. The first-order chi connectivity index (χ1) is 8.60. The second kappa shape index (κ2) is 4.89. The van der Waals surface area contributed by atoms with Gasteiger partial charge in [-0.15, -0.1) is 0 Å². The van der Waals surface area contributed by atoms with Gasteiger partial charge < -0.3 is 10.1 Å². The molecule has 1 saturated carbocycles. The molecule has 1 aliphatic carbocycles. The molecule has 0 aliphatic heterocycles. The van der Waals surface area contributed by atoms with Crippen molar-refractivity contribution in [1.82, 2.24) is 0 Å². The Labute approximate surface area is 109 Å². The van der Waals surface area contributed by atoms with Crippen molar-refractivity contribution in [3.63, 3.8) is 0 Å². The summed E-state index contributed by atoms with van der Waals surface area (Å²) in [7, 11) is 1.69. The monoisotopic (exact) mass is 244 g/mol. The molecule has 1 N–H and O–H groups in total. The van der Waals surface area contributed by atoms with Gasteiger partial charge in [-0.25, -0.2) is 0 Å². The van der Waals surface area contributed by atoms with Crippen LogP contribution in [0.3, 0.4) is 0 Å². The Morgan fingerprint density at radius 3 is 2.61 bits per heavy atom. The van der Waals surface area contributed by atoms with Gasteiger partial charge in [-0.05, 0) is 43.9 Å². The number of nitriles is 1. The standard InChI is InChI=1S/C15H20N2O/c1-11-7-12(2)14(18-3)13(8-11)17-10-15(9-16)5-4-6-15/h7-8,17H,4-6,10H2,1-3H3. The molecular formula is C15H20N2O. The SMILES string of the molecule is COc1c(C)cc(C)cc1NCC1(C#N)CCC1. The van der Waals surface area contributed by atoms with Gasteiger partial charge in [-0.2, -0.15) is 5.26 Å². The van der Waals surface area contributed by atoms with Gasteiger partial charge in [0.2, 0.25) is 0 Å². The smallest absolute Gasteiger partial charge is 0.144 e. The van der Waals surface area contributed by atoms with Crippen LogP contribution in [0.25, 0.3) is 0 Å². The molecule has 1 aliphatic rings. The van der Waals surface area contributed by atoms with Crippen molar-refractivity contribution in [2.75, 3.05) is 19.0 Å². The third kappa shape index (κ3) is 2.28. The zero-order valence-electron chi connectivity index (χ0n) is 11.3. The molecule has 3 heteroatoms. The number of hydrogen-bond acceptors (Lipinski definition) is 3. The molecule has 0 saturated heterocycles. The number of ether oxygens (including phenoxy) is 1. The maximum absolute atomic E-state index is 9.23. The maximum atomic E-state index is 9.23. The van der Waals surface area contributed by atoms with Gasteiger partial charge >= 0.3 is 0 Å². The topological polar surface area (TPSA) is 45.0 Å². The van der Waals surface area contributed by atoms with Crippen LogP contribution in [-0.4, -0.2) is 13.7 Å². The average molecular weight is 244 g/mol. The summed E-state index contributed by atoms with van der Waals surface area (Å²) in [5.74, 6) is 0.882. The van der Waals surface area contributed by atoms with Crippen LogP contribution in [0.2, 0.25) is 0 Å². The van der Waals surface area contributed by atoms with Crippen LogP contribution >= 0.6 is 0 Å². The lowest BCUT2D eigenvalue weighted by Gasteiger charge is -2.35. The molecule has 2 rings (SSSR count). The van der Waals surface area contributed by atoms with E-state index in [1.807, 2.05) is 6.92 Å². The fourth-order valence-corrected chi connectivity index (χ4v) is 2.55. The Morgan fingerprint density at radius 2 is 2.11 bits per heavy atom. The van der Waals surface area contributed by atoms with Crippen molar-refractivity contribution in [3.05, 3.63) is 23.3 Å². The lowest BCUT2D eigenvalue weighted by Crippen LogP contribution is -2.35. The lowest BCUT2D eigenvalue weighted by atomic mass is 9.70. The number of aryl methyl sites for hydroxylation is 2. The summed E-state index contributed by atoms with van der Waals surface area (Å²) in [6.07, 6.45) is 3.17. The van der Waals surface area contributed by atoms with Crippen LogP contribution in [-0.2, 0) is 0 Å². The van der Waals surface area contributed by atoms with Gasteiger partial charge in [0.05, 0.1) is 24.3 Å². The molecule has 1 aromatic carbocycles. The molecule has 0 aromatic heterocycles. The van der Waals surface area contributed by atoms with Crippen LogP contribution < -0.4 is 10.1 Å². The zero-order chi connectivity index (χ0) is 13.2.